The predicted octanol–water partition coefficient (Wildman–Crippen LogP) is 6.28. The standard InChI is InChI=1S/C25H23N3OS2/c1-16-11-13-18(14-12-16)26-21(29)15-30-24-22-19-9-5-6-10-20(19)31-25(22)28-23(27-24)17-7-3-2-4-8-17/h2-4,7-8,11-14H,5-6,9-10,15H2,1H3,(H,26,29). The highest BCUT2D eigenvalue weighted by Gasteiger charge is 2.22. The quantitative estimate of drug-likeness (QED) is 0.290. The lowest BCUT2D eigenvalue weighted by molar-refractivity contribution is -0.113. The van der Waals surface area contributed by atoms with Gasteiger partial charge >= 0.3 is 0 Å². The van der Waals surface area contributed by atoms with Crippen LogP contribution in [0.3, 0.4) is 0 Å². The van der Waals surface area contributed by atoms with Crippen molar-refractivity contribution in [3.8, 4) is 11.4 Å². The Kier molecular flexibility index (Phi) is 5.74. The number of fused-ring (bicyclic) bond motifs is 3. The number of benzene rings is 2. The molecule has 31 heavy (non-hydrogen) atoms. The number of thiophene rings is 1. The van der Waals surface area contributed by atoms with Crippen molar-refractivity contribution in [2.75, 3.05) is 11.1 Å². The van der Waals surface area contributed by atoms with E-state index in [0.29, 0.717) is 5.75 Å². The second-order valence-electron chi connectivity index (χ2n) is 7.81. The summed E-state index contributed by atoms with van der Waals surface area (Å²) in [6.45, 7) is 2.04. The highest BCUT2D eigenvalue weighted by molar-refractivity contribution is 8.00. The monoisotopic (exact) mass is 445 g/mol. The third-order valence-corrected chi connectivity index (χ3v) is 7.65. The number of nitrogens with zero attached hydrogens (tertiary/aromatic N) is 2. The zero-order chi connectivity index (χ0) is 21.2. The Balaban J connectivity index is 1.46. The number of amides is 1. The lowest BCUT2D eigenvalue weighted by atomic mass is 9.97. The van der Waals surface area contributed by atoms with Crippen LogP contribution in [0.4, 0.5) is 5.69 Å². The fraction of sp³-hybridized carbons (Fsp3) is 0.240. The van der Waals surface area contributed by atoms with E-state index in [-0.39, 0.29) is 5.91 Å². The molecule has 2 aromatic carbocycles. The molecule has 2 heterocycles. The van der Waals surface area contributed by atoms with Crippen LogP contribution in [-0.4, -0.2) is 21.6 Å². The Labute approximate surface area is 190 Å². The number of hydrogen-bond donors (Lipinski definition) is 1. The summed E-state index contributed by atoms with van der Waals surface area (Å²) in [6.07, 6.45) is 4.64. The molecule has 0 fully saturated rings. The first-order valence-corrected chi connectivity index (χ1v) is 12.3. The number of carbonyl (C=O) groups is 1. The number of aryl methyl sites for hydroxylation is 3. The lowest BCUT2D eigenvalue weighted by Gasteiger charge is -2.12. The number of thioether (sulfide) groups is 1. The van der Waals surface area contributed by atoms with E-state index in [2.05, 4.69) is 5.32 Å². The zero-order valence-electron chi connectivity index (χ0n) is 17.4. The van der Waals surface area contributed by atoms with E-state index in [1.54, 1.807) is 11.3 Å². The van der Waals surface area contributed by atoms with Gasteiger partial charge in [0.05, 0.1) is 5.75 Å². The largest absolute Gasteiger partial charge is 0.325 e. The highest BCUT2D eigenvalue weighted by Crippen LogP contribution is 2.40. The van der Waals surface area contributed by atoms with Crippen LogP contribution in [0.5, 0.6) is 0 Å². The topological polar surface area (TPSA) is 54.9 Å². The molecule has 0 atom stereocenters. The van der Waals surface area contributed by atoms with Crippen molar-refractivity contribution < 1.29 is 4.79 Å². The molecule has 6 heteroatoms. The number of carbonyl (C=O) groups excluding carboxylic acids is 1. The second-order valence-corrected chi connectivity index (χ2v) is 9.86. The van der Waals surface area contributed by atoms with Gasteiger partial charge in [-0.2, -0.15) is 0 Å². The van der Waals surface area contributed by atoms with Gasteiger partial charge in [0.15, 0.2) is 5.82 Å². The number of anilines is 1. The van der Waals surface area contributed by atoms with Crippen LogP contribution < -0.4 is 5.32 Å². The normalized spacial score (nSPS) is 13.2. The molecule has 0 radical (unpaired) electrons. The highest BCUT2D eigenvalue weighted by atomic mass is 32.2. The fourth-order valence-corrected chi connectivity index (χ4v) is 6.09. The van der Waals surface area contributed by atoms with Crippen molar-refractivity contribution in [2.24, 2.45) is 0 Å². The Hall–Kier alpha value is -2.70. The van der Waals surface area contributed by atoms with Crippen LogP contribution in [0.15, 0.2) is 59.6 Å². The molecule has 0 spiro atoms. The molecule has 2 aromatic heterocycles. The van der Waals surface area contributed by atoms with E-state index in [0.717, 1.165) is 45.2 Å². The smallest absolute Gasteiger partial charge is 0.234 e. The van der Waals surface area contributed by atoms with Gasteiger partial charge in [0.25, 0.3) is 0 Å². The third-order valence-electron chi connectivity index (χ3n) is 5.49. The van der Waals surface area contributed by atoms with Crippen molar-refractivity contribution in [3.63, 3.8) is 0 Å². The molecule has 1 aliphatic rings. The molecule has 4 aromatic rings. The molecular weight excluding hydrogens is 422 g/mol. The van der Waals surface area contributed by atoms with Gasteiger partial charge in [-0.05, 0) is 50.3 Å². The summed E-state index contributed by atoms with van der Waals surface area (Å²) in [6, 6.07) is 17.9. The van der Waals surface area contributed by atoms with Crippen molar-refractivity contribution >= 4 is 44.9 Å². The lowest BCUT2D eigenvalue weighted by Crippen LogP contribution is -2.14. The molecule has 0 unspecified atom stereocenters. The minimum Gasteiger partial charge on any atom is -0.325 e. The molecule has 1 N–H and O–H groups in total. The van der Waals surface area contributed by atoms with Crippen LogP contribution in [0.1, 0.15) is 28.8 Å². The Morgan fingerprint density at radius 2 is 1.81 bits per heavy atom. The summed E-state index contributed by atoms with van der Waals surface area (Å²) in [5.41, 5.74) is 4.39. The minimum atomic E-state index is -0.0222. The van der Waals surface area contributed by atoms with Gasteiger partial charge in [0, 0.05) is 21.5 Å². The van der Waals surface area contributed by atoms with Crippen LogP contribution >= 0.6 is 23.1 Å². The molecule has 1 aliphatic carbocycles. The number of hydrogen-bond acceptors (Lipinski definition) is 5. The first-order valence-electron chi connectivity index (χ1n) is 10.5. The number of nitrogens with one attached hydrogen (secondary N) is 1. The van der Waals surface area contributed by atoms with E-state index in [1.807, 2.05) is 61.5 Å². The Morgan fingerprint density at radius 3 is 2.61 bits per heavy atom. The van der Waals surface area contributed by atoms with E-state index in [4.69, 9.17) is 9.97 Å². The van der Waals surface area contributed by atoms with E-state index >= 15 is 0 Å². The molecule has 1 amide bonds. The summed E-state index contributed by atoms with van der Waals surface area (Å²) in [5.74, 6) is 1.03. The summed E-state index contributed by atoms with van der Waals surface area (Å²) in [5, 5.41) is 5.07. The van der Waals surface area contributed by atoms with Crippen LogP contribution in [0.2, 0.25) is 0 Å². The van der Waals surface area contributed by atoms with Gasteiger partial charge in [0.1, 0.15) is 9.86 Å². The summed E-state index contributed by atoms with van der Waals surface area (Å²) in [4.78, 5) is 24.9. The maximum absolute atomic E-state index is 12.6. The maximum atomic E-state index is 12.6. The summed E-state index contributed by atoms with van der Waals surface area (Å²) < 4.78 is 0. The van der Waals surface area contributed by atoms with Gasteiger partial charge in [-0.1, -0.05) is 59.8 Å². The summed E-state index contributed by atoms with van der Waals surface area (Å²) in [7, 11) is 0. The van der Waals surface area contributed by atoms with Crippen LogP contribution in [0.25, 0.3) is 21.6 Å². The molecule has 5 rings (SSSR count). The first-order chi connectivity index (χ1) is 15.2. The zero-order valence-corrected chi connectivity index (χ0v) is 19.0. The molecule has 0 saturated carbocycles. The molecule has 0 aliphatic heterocycles. The fourth-order valence-electron chi connectivity index (χ4n) is 3.91. The number of aromatic nitrogens is 2. The maximum Gasteiger partial charge on any atom is 0.234 e. The van der Waals surface area contributed by atoms with Crippen molar-refractivity contribution in [2.45, 2.75) is 37.6 Å². The van der Waals surface area contributed by atoms with Gasteiger partial charge in [-0.25, -0.2) is 9.97 Å². The molecule has 156 valence electrons. The molecule has 0 bridgehead atoms. The summed E-state index contributed by atoms with van der Waals surface area (Å²) >= 11 is 3.31. The van der Waals surface area contributed by atoms with Gasteiger partial charge in [0.2, 0.25) is 5.91 Å². The van der Waals surface area contributed by atoms with E-state index in [9.17, 15) is 4.79 Å². The predicted molar refractivity (Wildman–Crippen MR) is 130 cm³/mol. The van der Waals surface area contributed by atoms with Crippen LogP contribution in [0, 0.1) is 6.92 Å². The molecule has 4 nitrogen and oxygen atoms in total. The average molecular weight is 446 g/mol. The number of rotatable bonds is 5. The van der Waals surface area contributed by atoms with Gasteiger partial charge < -0.3 is 5.32 Å². The SMILES string of the molecule is Cc1ccc(NC(=O)CSc2nc(-c3ccccc3)nc3sc4c(c23)CCCC4)cc1. The minimum absolute atomic E-state index is 0.0222. The van der Waals surface area contributed by atoms with Crippen molar-refractivity contribution in [3.05, 3.63) is 70.6 Å². The van der Waals surface area contributed by atoms with Crippen LogP contribution in [-0.2, 0) is 17.6 Å². The van der Waals surface area contributed by atoms with E-state index < -0.39 is 0 Å². The second kappa shape index (κ2) is 8.81. The Morgan fingerprint density at radius 1 is 1.03 bits per heavy atom. The van der Waals surface area contributed by atoms with E-state index in [1.165, 1.54) is 40.6 Å². The van der Waals surface area contributed by atoms with Crippen molar-refractivity contribution in [1.82, 2.24) is 9.97 Å². The molecule has 0 saturated heterocycles. The average Bonchev–Trinajstić information content (AvgIpc) is 3.18. The van der Waals surface area contributed by atoms with Gasteiger partial charge in [-0.3, -0.25) is 4.79 Å². The van der Waals surface area contributed by atoms with Gasteiger partial charge in [-0.15, -0.1) is 11.3 Å². The Bertz CT molecular complexity index is 1230. The molecular formula is C25H23N3OS2. The first kappa shape index (κ1) is 20.2. The third kappa shape index (κ3) is 4.36. The van der Waals surface area contributed by atoms with Crippen molar-refractivity contribution in [1.29, 1.82) is 0 Å².